The number of halogens is 3. The Hall–Kier alpha value is -2.05. The van der Waals surface area contributed by atoms with E-state index in [2.05, 4.69) is 5.32 Å². The van der Waals surface area contributed by atoms with Crippen molar-refractivity contribution in [3.63, 3.8) is 0 Å². The van der Waals surface area contributed by atoms with Crippen LogP contribution in [0.2, 0.25) is 0 Å². The molecule has 4 fully saturated rings. The number of rotatable bonds is 2. The van der Waals surface area contributed by atoms with E-state index in [9.17, 15) is 22.8 Å². The summed E-state index contributed by atoms with van der Waals surface area (Å²) in [5.41, 5.74) is 0.265. The second-order valence-corrected chi connectivity index (χ2v) is 9.99. The predicted octanol–water partition coefficient (Wildman–Crippen LogP) is 4.25. The fourth-order valence-corrected chi connectivity index (χ4v) is 6.20. The summed E-state index contributed by atoms with van der Waals surface area (Å²) in [5.74, 6) is 0.523. The van der Waals surface area contributed by atoms with Crippen LogP contribution in [0.4, 0.5) is 13.2 Å². The molecule has 2 heterocycles. The Kier molecular flexibility index (Phi) is 4.46. The first-order valence-corrected chi connectivity index (χ1v) is 10.9. The zero-order chi connectivity index (χ0) is 21.1. The van der Waals surface area contributed by atoms with Gasteiger partial charge in [0.2, 0.25) is 11.8 Å². The number of carbonyl (C=O) groups is 2. The maximum absolute atomic E-state index is 13.0. The van der Waals surface area contributed by atoms with Gasteiger partial charge in [-0.25, -0.2) is 0 Å². The van der Waals surface area contributed by atoms with Crippen LogP contribution in [0.25, 0.3) is 0 Å². The minimum Gasteiger partial charge on any atom is -0.351 e. The number of nitrogens with zero attached hydrogens (tertiary/aromatic N) is 1. The number of hydrogen-bond acceptors (Lipinski definition) is 2. The van der Waals surface area contributed by atoms with Gasteiger partial charge in [-0.05, 0) is 67.9 Å². The molecule has 0 radical (unpaired) electrons. The monoisotopic (exact) mass is 420 g/mol. The van der Waals surface area contributed by atoms with Gasteiger partial charge >= 0.3 is 6.18 Å². The summed E-state index contributed by atoms with van der Waals surface area (Å²) in [6, 6.07) is 5.73. The van der Waals surface area contributed by atoms with E-state index in [-0.39, 0.29) is 34.6 Å². The minimum absolute atomic E-state index is 0.0247. The molecule has 1 aromatic rings. The molecule has 0 aromatic heterocycles. The Morgan fingerprint density at radius 2 is 1.77 bits per heavy atom. The zero-order valence-corrected chi connectivity index (χ0v) is 16.9. The molecule has 2 spiro atoms. The molecule has 2 amide bonds. The van der Waals surface area contributed by atoms with E-state index in [1.807, 2.05) is 4.90 Å². The van der Waals surface area contributed by atoms with E-state index in [4.69, 9.17) is 0 Å². The highest BCUT2D eigenvalue weighted by molar-refractivity contribution is 5.83. The normalized spacial score (nSPS) is 25.8. The molecular weight excluding hydrogens is 393 g/mol. The van der Waals surface area contributed by atoms with Crippen LogP contribution in [0.3, 0.4) is 0 Å². The lowest BCUT2D eigenvalue weighted by Crippen LogP contribution is -2.58. The van der Waals surface area contributed by atoms with Crippen LogP contribution in [-0.2, 0) is 15.8 Å². The number of alkyl halides is 3. The van der Waals surface area contributed by atoms with Crippen LogP contribution in [0, 0.1) is 11.3 Å². The van der Waals surface area contributed by atoms with Gasteiger partial charge in [0, 0.05) is 31.0 Å². The number of nitrogens with one attached hydrogen (secondary N) is 1. The summed E-state index contributed by atoms with van der Waals surface area (Å²) in [6.07, 6.45) is 2.32. The van der Waals surface area contributed by atoms with Gasteiger partial charge in [-0.2, -0.15) is 13.2 Å². The standard InChI is InChI=1S/C23H27F3N2O2/c24-23(25,26)18-3-1-2-15(10-18)16-11-21(12-16)6-8-28(9-7-21)20(30)17-13-22(14-17)5-4-19(29)27-22/h1-3,10,16-17H,4-9,11-14H2,(H,27,29)/t17-,22+. The second kappa shape index (κ2) is 6.72. The lowest BCUT2D eigenvalue weighted by atomic mass is 9.56. The molecule has 2 saturated carbocycles. The molecule has 2 aliphatic carbocycles. The minimum atomic E-state index is -4.30. The highest BCUT2D eigenvalue weighted by atomic mass is 19.4. The lowest BCUT2D eigenvalue weighted by molar-refractivity contribution is -0.145. The third-order valence-corrected chi connectivity index (χ3v) is 8.04. The molecule has 2 aliphatic heterocycles. The smallest absolute Gasteiger partial charge is 0.351 e. The van der Waals surface area contributed by atoms with Crippen LogP contribution in [0.15, 0.2) is 24.3 Å². The Morgan fingerprint density at radius 3 is 2.37 bits per heavy atom. The van der Waals surface area contributed by atoms with Crippen LogP contribution in [0.5, 0.6) is 0 Å². The van der Waals surface area contributed by atoms with Gasteiger partial charge in [0.25, 0.3) is 0 Å². The fourth-order valence-electron chi connectivity index (χ4n) is 6.20. The lowest BCUT2D eigenvalue weighted by Gasteiger charge is -2.53. The molecule has 0 atom stereocenters. The van der Waals surface area contributed by atoms with Crippen LogP contribution < -0.4 is 5.32 Å². The maximum Gasteiger partial charge on any atom is 0.416 e. The maximum atomic E-state index is 13.0. The van der Waals surface area contributed by atoms with Crippen LogP contribution >= 0.6 is 0 Å². The average molecular weight is 420 g/mol. The number of likely N-dealkylation sites (tertiary alicyclic amines) is 1. The predicted molar refractivity (Wildman–Crippen MR) is 104 cm³/mol. The summed E-state index contributed by atoms with van der Waals surface area (Å²) in [4.78, 5) is 26.3. The first-order valence-electron chi connectivity index (χ1n) is 10.9. The molecule has 4 nitrogen and oxygen atoms in total. The van der Waals surface area contributed by atoms with E-state index in [0.29, 0.717) is 6.42 Å². The second-order valence-electron chi connectivity index (χ2n) is 9.99. The largest absolute Gasteiger partial charge is 0.416 e. The van der Waals surface area contributed by atoms with Crippen molar-refractivity contribution < 1.29 is 22.8 Å². The van der Waals surface area contributed by atoms with E-state index >= 15 is 0 Å². The topological polar surface area (TPSA) is 49.4 Å². The molecular formula is C23H27F3N2O2. The molecule has 30 heavy (non-hydrogen) atoms. The molecule has 1 aromatic carbocycles. The van der Waals surface area contributed by atoms with Crippen molar-refractivity contribution in [3.8, 4) is 0 Å². The van der Waals surface area contributed by atoms with Crippen molar-refractivity contribution >= 4 is 11.8 Å². The molecule has 2 saturated heterocycles. The zero-order valence-electron chi connectivity index (χ0n) is 16.9. The van der Waals surface area contributed by atoms with Crippen molar-refractivity contribution in [1.82, 2.24) is 10.2 Å². The summed E-state index contributed by atoms with van der Waals surface area (Å²) in [7, 11) is 0. The number of amides is 2. The van der Waals surface area contributed by atoms with E-state index in [0.717, 1.165) is 69.7 Å². The van der Waals surface area contributed by atoms with E-state index in [1.165, 1.54) is 12.1 Å². The number of hydrogen-bond donors (Lipinski definition) is 1. The van der Waals surface area contributed by atoms with Crippen molar-refractivity contribution in [1.29, 1.82) is 0 Å². The number of piperidine rings is 1. The molecule has 1 N–H and O–H groups in total. The first-order chi connectivity index (χ1) is 14.2. The number of benzene rings is 1. The molecule has 0 bridgehead atoms. The Labute approximate surface area is 174 Å². The van der Waals surface area contributed by atoms with Crippen molar-refractivity contribution in [2.45, 2.75) is 69.0 Å². The summed E-state index contributed by atoms with van der Waals surface area (Å²) in [5, 5.41) is 3.04. The highest BCUT2D eigenvalue weighted by Crippen LogP contribution is 2.57. The third-order valence-electron chi connectivity index (χ3n) is 8.04. The van der Waals surface area contributed by atoms with Crippen molar-refractivity contribution in [3.05, 3.63) is 35.4 Å². The van der Waals surface area contributed by atoms with Crippen LogP contribution in [0.1, 0.15) is 68.4 Å². The van der Waals surface area contributed by atoms with Gasteiger partial charge in [-0.15, -0.1) is 0 Å². The molecule has 0 unspecified atom stereocenters. The van der Waals surface area contributed by atoms with E-state index in [1.54, 1.807) is 6.07 Å². The van der Waals surface area contributed by atoms with Crippen molar-refractivity contribution in [2.24, 2.45) is 11.3 Å². The van der Waals surface area contributed by atoms with Gasteiger partial charge in [0.05, 0.1) is 5.56 Å². The molecule has 7 heteroatoms. The molecule has 5 rings (SSSR count). The average Bonchev–Trinajstić information content (AvgIpc) is 3.06. The van der Waals surface area contributed by atoms with Crippen LogP contribution in [-0.4, -0.2) is 35.3 Å². The summed E-state index contributed by atoms with van der Waals surface area (Å²) >= 11 is 0. The third kappa shape index (κ3) is 3.40. The Balaban J connectivity index is 1.12. The fraction of sp³-hybridized carbons (Fsp3) is 0.652. The first kappa shape index (κ1) is 19.9. The molecule has 162 valence electrons. The molecule has 4 aliphatic rings. The SMILES string of the molecule is O=C1CC[C@]2(C[C@H](C(=O)N3CCC4(CC3)CC(c3cccc(C(F)(F)F)c3)C4)C2)N1. The van der Waals surface area contributed by atoms with Gasteiger partial charge in [-0.3, -0.25) is 9.59 Å². The highest BCUT2D eigenvalue weighted by Gasteiger charge is 2.53. The Morgan fingerprint density at radius 1 is 1.07 bits per heavy atom. The number of carbonyl (C=O) groups excluding carboxylic acids is 2. The van der Waals surface area contributed by atoms with Crippen molar-refractivity contribution in [2.75, 3.05) is 13.1 Å². The van der Waals surface area contributed by atoms with Gasteiger partial charge in [-0.1, -0.05) is 18.2 Å². The Bertz CT molecular complexity index is 859. The summed E-state index contributed by atoms with van der Waals surface area (Å²) < 4.78 is 38.9. The quantitative estimate of drug-likeness (QED) is 0.778. The van der Waals surface area contributed by atoms with Gasteiger partial charge in [0.1, 0.15) is 0 Å². The van der Waals surface area contributed by atoms with Gasteiger partial charge < -0.3 is 10.2 Å². The van der Waals surface area contributed by atoms with E-state index < -0.39 is 11.7 Å². The van der Waals surface area contributed by atoms with Gasteiger partial charge in [0.15, 0.2) is 0 Å². The summed E-state index contributed by atoms with van der Waals surface area (Å²) in [6.45, 7) is 1.48.